The zero-order valence-corrected chi connectivity index (χ0v) is 18.0. The molecule has 1 aromatic carbocycles. The van der Waals surface area contributed by atoms with E-state index in [9.17, 15) is 9.59 Å². The van der Waals surface area contributed by atoms with E-state index in [1.54, 1.807) is 30.3 Å². The molecule has 8 heteroatoms. The standard InChI is InChI=1S/C21H29N5O2.ClH/c1-4-21(2,3)24-19(27)15-7-9-16(10-8-15)23-20(28)18-11-13-26(25-18)17-6-5-12-22-14-17;/h7-11,13,17,22H,4-6,12,14H2,1-3H3,(H,23,28)(H,24,27);1H. The van der Waals surface area contributed by atoms with Crippen molar-refractivity contribution in [1.82, 2.24) is 20.4 Å². The van der Waals surface area contributed by atoms with Gasteiger partial charge >= 0.3 is 0 Å². The van der Waals surface area contributed by atoms with E-state index in [0.29, 0.717) is 23.0 Å². The third-order valence-electron chi connectivity index (χ3n) is 5.23. The van der Waals surface area contributed by atoms with Crippen LogP contribution in [0.1, 0.15) is 66.9 Å². The molecule has 2 heterocycles. The summed E-state index contributed by atoms with van der Waals surface area (Å²) in [5, 5.41) is 13.6. The Morgan fingerprint density at radius 1 is 1.21 bits per heavy atom. The zero-order chi connectivity index (χ0) is 20.1. The lowest BCUT2D eigenvalue weighted by atomic mass is 10.0. The Balaban J connectivity index is 0.00000300. The van der Waals surface area contributed by atoms with Gasteiger partial charge in [0.15, 0.2) is 5.69 Å². The van der Waals surface area contributed by atoms with E-state index < -0.39 is 0 Å². The molecule has 158 valence electrons. The lowest BCUT2D eigenvalue weighted by Gasteiger charge is -2.24. The molecule has 1 aliphatic heterocycles. The van der Waals surface area contributed by atoms with Crippen LogP contribution >= 0.6 is 12.4 Å². The fourth-order valence-electron chi connectivity index (χ4n) is 3.09. The Morgan fingerprint density at radius 3 is 2.55 bits per heavy atom. The number of rotatable bonds is 6. The van der Waals surface area contributed by atoms with Crippen molar-refractivity contribution in [2.75, 3.05) is 18.4 Å². The third kappa shape index (κ3) is 6.05. The highest BCUT2D eigenvalue weighted by atomic mass is 35.5. The molecular weight excluding hydrogens is 390 g/mol. The number of carbonyl (C=O) groups is 2. The number of nitrogens with one attached hydrogen (secondary N) is 3. The van der Waals surface area contributed by atoms with E-state index in [-0.39, 0.29) is 29.8 Å². The first-order valence-corrected chi connectivity index (χ1v) is 9.88. The van der Waals surface area contributed by atoms with Crippen molar-refractivity contribution in [1.29, 1.82) is 0 Å². The SMILES string of the molecule is CCC(C)(C)NC(=O)c1ccc(NC(=O)c2ccn(C3CCCNC3)n2)cc1.Cl. The molecule has 1 saturated heterocycles. The maximum atomic E-state index is 12.5. The molecule has 0 aliphatic carbocycles. The van der Waals surface area contributed by atoms with E-state index in [2.05, 4.69) is 21.0 Å². The van der Waals surface area contributed by atoms with Crippen LogP contribution in [0.5, 0.6) is 0 Å². The number of amides is 2. The molecule has 3 N–H and O–H groups in total. The number of piperidine rings is 1. The maximum absolute atomic E-state index is 12.5. The molecule has 0 spiro atoms. The molecule has 2 amide bonds. The van der Waals surface area contributed by atoms with Gasteiger partial charge in [0.2, 0.25) is 0 Å². The largest absolute Gasteiger partial charge is 0.347 e. The third-order valence-corrected chi connectivity index (χ3v) is 5.23. The van der Waals surface area contributed by atoms with Gasteiger partial charge in [0, 0.05) is 29.5 Å². The van der Waals surface area contributed by atoms with Crippen molar-refractivity contribution in [3.05, 3.63) is 47.8 Å². The number of nitrogens with zero attached hydrogens (tertiary/aromatic N) is 2. The summed E-state index contributed by atoms with van der Waals surface area (Å²) in [6.07, 6.45) is 4.88. The van der Waals surface area contributed by atoms with E-state index in [0.717, 1.165) is 32.4 Å². The summed E-state index contributed by atoms with van der Waals surface area (Å²) in [7, 11) is 0. The van der Waals surface area contributed by atoms with Crippen molar-refractivity contribution >= 4 is 29.9 Å². The van der Waals surface area contributed by atoms with E-state index in [1.807, 2.05) is 31.6 Å². The Hall–Kier alpha value is -2.38. The second kappa shape index (κ2) is 9.89. The smallest absolute Gasteiger partial charge is 0.276 e. The average Bonchev–Trinajstić information content (AvgIpc) is 3.19. The minimum absolute atomic E-state index is 0. The molecule has 7 nitrogen and oxygen atoms in total. The van der Waals surface area contributed by atoms with Gasteiger partial charge in [0.1, 0.15) is 0 Å². The normalized spacial score (nSPS) is 16.6. The molecule has 1 unspecified atom stereocenters. The van der Waals surface area contributed by atoms with Crippen molar-refractivity contribution in [2.24, 2.45) is 0 Å². The molecule has 3 rings (SSSR count). The van der Waals surface area contributed by atoms with E-state index in [1.165, 1.54) is 0 Å². The topological polar surface area (TPSA) is 88.0 Å². The number of hydrogen-bond acceptors (Lipinski definition) is 4. The van der Waals surface area contributed by atoms with Crippen LogP contribution in [0.2, 0.25) is 0 Å². The highest BCUT2D eigenvalue weighted by Gasteiger charge is 2.20. The number of aromatic nitrogens is 2. The molecule has 1 fully saturated rings. The minimum atomic E-state index is -0.258. The van der Waals surface area contributed by atoms with Crippen molar-refractivity contribution < 1.29 is 9.59 Å². The van der Waals surface area contributed by atoms with E-state index in [4.69, 9.17) is 0 Å². The van der Waals surface area contributed by atoms with Crippen LogP contribution in [0.3, 0.4) is 0 Å². The number of anilines is 1. The van der Waals surface area contributed by atoms with Crippen molar-refractivity contribution in [2.45, 2.75) is 51.6 Å². The number of carbonyl (C=O) groups excluding carboxylic acids is 2. The Kier molecular flexibility index (Phi) is 7.81. The molecule has 1 aromatic heterocycles. The maximum Gasteiger partial charge on any atom is 0.276 e. The summed E-state index contributed by atoms with van der Waals surface area (Å²) >= 11 is 0. The van der Waals surface area contributed by atoms with Crippen LogP contribution < -0.4 is 16.0 Å². The number of benzene rings is 1. The average molecular weight is 420 g/mol. The van der Waals surface area contributed by atoms with Crippen molar-refractivity contribution in [3.8, 4) is 0 Å². The van der Waals surface area contributed by atoms with E-state index >= 15 is 0 Å². The van der Waals surface area contributed by atoms with Gasteiger partial charge in [0.05, 0.1) is 6.04 Å². The quantitative estimate of drug-likeness (QED) is 0.669. The molecule has 0 bridgehead atoms. The van der Waals surface area contributed by atoms with Gasteiger partial charge in [-0.2, -0.15) is 5.10 Å². The van der Waals surface area contributed by atoms with Gasteiger partial charge in [-0.25, -0.2) is 0 Å². The molecule has 1 aliphatic rings. The van der Waals surface area contributed by atoms with Crippen LogP contribution in [0.25, 0.3) is 0 Å². The molecule has 29 heavy (non-hydrogen) atoms. The van der Waals surface area contributed by atoms with Crippen LogP contribution in [0, 0.1) is 0 Å². The van der Waals surface area contributed by atoms with Gasteiger partial charge in [-0.3, -0.25) is 14.3 Å². The van der Waals surface area contributed by atoms with Gasteiger partial charge < -0.3 is 16.0 Å². The lowest BCUT2D eigenvalue weighted by molar-refractivity contribution is 0.0911. The Bertz CT molecular complexity index is 826. The summed E-state index contributed by atoms with van der Waals surface area (Å²) in [6.45, 7) is 7.92. The first-order chi connectivity index (χ1) is 13.4. The Morgan fingerprint density at radius 2 is 1.93 bits per heavy atom. The van der Waals surface area contributed by atoms with Gasteiger partial charge in [0.25, 0.3) is 11.8 Å². The second-order valence-corrected chi connectivity index (χ2v) is 7.90. The van der Waals surface area contributed by atoms with Crippen molar-refractivity contribution in [3.63, 3.8) is 0 Å². The van der Waals surface area contributed by atoms with Crippen LogP contribution in [-0.4, -0.2) is 40.2 Å². The summed E-state index contributed by atoms with van der Waals surface area (Å²) in [5.74, 6) is -0.378. The summed E-state index contributed by atoms with van der Waals surface area (Å²) < 4.78 is 1.87. The molecule has 1 atom stereocenters. The fourth-order valence-corrected chi connectivity index (χ4v) is 3.09. The number of halogens is 1. The first kappa shape index (κ1) is 22.9. The predicted molar refractivity (Wildman–Crippen MR) is 117 cm³/mol. The molecule has 2 aromatic rings. The summed E-state index contributed by atoms with van der Waals surface area (Å²) in [5.41, 5.74) is 1.33. The number of hydrogen-bond donors (Lipinski definition) is 3. The van der Waals surface area contributed by atoms with Crippen LogP contribution in [0.15, 0.2) is 36.5 Å². The predicted octanol–water partition coefficient (Wildman–Crippen LogP) is 3.40. The lowest BCUT2D eigenvalue weighted by Crippen LogP contribution is -2.42. The monoisotopic (exact) mass is 419 g/mol. The minimum Gasteiger partial charge on any atom is -0.347 e. The van der Waals surface area contributed by atoms with Gasteiger partial charge in [-0.1, -0.05) is 6.92 Å². The fraction of sp³-hybridized carbons (Fsp3) is 0.476. The van der Waals surface area contributed by atoms with Gasteiger partial charge in [-0.15, -0.1) is 12.4 Å². The summed E-state index contributed by atoms with van der Waals surface area (Å²) in [4.78, 5) is 24.8. The first-order valence-electron chi connectivity index (χ1n) is 9.88. The molecule has 0 saturated carbocycles. The van der Waals surface area contributed by atoms with Crippen LogP contribution in [0.4, 0.5) is 5.69 Å². The molecular formula is C21H30ClN5O2. The highest BCUT2D eigenvalue weighted by molar-refractivity contribution is 6.03. The second-order valence-electron chi connectivity index (χ2n) is 7.90. The van der Waals surface area contributed by atoms with Gasteiger partial charge in [-0.05, 0) is 70.0 Å². The zero-order valence-electron chi connectivity index (χ0n) is 17.2. The summed E-state index contributed by atoms with van der Waals surface area (Å²) in [6, 6.07) is 8.91. The molecule has 0 radical (unpaired) electrons. The van der Waals surface area contributed by atoms with Crippen LogP contribution in [-0.2, 0) is 0 Å². The Labute approximate surface area is 178 Å². The highest BCUT2D eigenvalue weighted by Crippen LogP contribution is 2.17.